The molecule has 0 saturated heterocycles. The zero-order chi connectivity index (χ0) is 17.2. The number of halogens is 6. The predicted molar refractivity (Wildman–Crippen MR) is 72.1 cm³/mol. The molecule has 0 amide bonds. The molecule has 9 heteroatoms. The lowest BCUT2D eigenvalue weighted by Crippen LogP contribution is -2.02. The number of aromatic nitrogens is 3. The lowest BCUT2D eigenvalue weighted by atomic mass is 10.1. The number of fused-ring (bicyclic) bond motifs is 3. The molecule has 0 aliphatic rings. The Labute approximate surface area is 128 Å². The van der Waals surface area contributed by atoms with Crippen molar-refractivity contribution in [3.63, 3.8) is 0 Å². The van der Waals surface area contributed by atoms with Crippen LogP contribution < -0.4 is 0 Å². The Hall–Kier alpha value is -2.97. The van der Waals surface area contributed by atoms with Gasteiger partial charge in [-0.1, -0.05) is 0 Å². The molecule has 4 aromatic rings. The first-order chi connectivity index (χ1) is 11.4. The minimum absolute atomic E-state index is 0.452. The molecule has 0 radical (unpaired) electrons. The first-order valence-electron chi connectivity index (χ1n) is 6.46. The second kappa shape index (κ2) is 4.76. The molecule has 4 rings (SSSR count). The van der Waals surface area contributed by atoms with Crippen molar-refractivity contribution in [2.24, 2.45) is 0 Å². The molecular formula is C15H3F6N3. The van der Waals surface area contributed by atoms with Crippen molar-refractivity contribution >= 4 is 32.8 Å². The molecule has 0 bridgehead atoms. The Morgan fingerprint density at radius 1 is 0.500 bits per heavy atom. The quantitative estimate of drug-likeness (QED) is 0.209. The van der Waals surface area contributed by atoms with Gasteiger partial charge in [0.2, 0.25) is 0 Å². The average molecular weight is 339 g/mol. The van der Waals surface area contributed by atoms with Gasteiger partial charge in [0.05, 0.1) is 0 Å². The Morgan fingerprint density at radius 3 is 1.67 bits per heavy atom. The van der Waals surface area contributed by atoms with E-state index in [-0.39, 0.29) is 0 Å². The van der Waals surface area contributed by atoms with E-state index in [4.69, 9.17) is 0 Å². The van der Waals surface area contributed by atoms with Gasteiger partial charge in [0.25, 0.3) is 0 Å². The summed E-state index contributed by atoms with van der Waals surface area (Å²) in [6.45, 7) is 0. The van der Waals surface area contributed by atoms with Crippen LogP contribution in [0, 0.1) is 34.9 Å². The number of nitrogens with zero attached hydrogens (tertiary/aromatic N) is 3. The van der Waals surface area contributed by atoms with Crippen molar-refractivity contribution in [3.05, 3.63) is 53.4 Å². The standard InChI is InChI=1S/C15H3F6N3/c16-6-4-3-5-7(17)14-15(23-2-1-22-14)11(21)13(5)24-12(4)10(20)9(19)8(6)18/h1-3H. The zero-order valence-corrected chi connectivity index (χ0v) is 11.3. The van der Waals surface area contributed by atoms with E-state index in [0.29, 0.717) is 6.07 Å². The molecule has 2 aromatic carbocycles. The molecule has 3 nitrogen and oxygen atoms in total. The maximum atomic E-state index is 14.5. The summed E-state index contributed by atoms with van der Waals surface area (Å²) in [5.41, 5.74) is -2.58. The number of benzene rings is 2. The third-order valence-electron chi connectivity index (χ3n) is 3.60. The zero-order valence-electron chi connectivity index (χ0n) is 11.3. The maximum absolute atomic E-state index is 14.5. The smallest absolute Gasteiger partial charge is 0.199 e. The third kappa shape index (κ3) is 1.72. The van der Waals surface area contributed by atoms with Gasteiger partial charge in [-0.3, -0.25) is 0 Å². The van der Waals surface area contributed by atoms with Gasteiger partial charge >= 0.3 is 0 Å². The molecule has 0 unspecified atom stereocenters. The van der Waals surface area contributed by atoms with Crippen LogP contribution in [-0.2, 0) is 0 Å². The largest absolute Gasteiger partial charge is 0.250 e. The summed E-state index contributed by atoms with van der Waals surface area (Å²) >= 11 is 0. The van der Waals surface area contributed by atoms with Crippen LogP contribution in [0.3, 0.4) is 0 Å². The highest BCUT2D eigenvalue weighted by molar-refractivity contribution is 6.00. The Bertz CT molecular complexity index is 1080. The lowest BCUT2D eigenvalue weighted by molar-refractivity contribution is 0.417. The van der Waals surface area contributed by atoms with Gasteiger partial charge in [0.1, 0.15) is 22.1 Å². The summed E-state index contributed by atoms with van der Waals surface area (Å²) in [7, 11) is 0. The maximum Gasteiger partial charge on any atom is 0.199 e. The molecule has 0 fully saturated rings. The van der Waals surface area contributed by atoms with Gasteiger partial charge < -0.3 is 0 Å². The van der Waals surface area contributed by atoms with E-state index in [9.17, 15) is 26.3 Å². The molecule has 0 N–H and O–H groups in total. The predicted octanol–water partition coefficient (Wildman–Crippen LogP) is 4.17. The monoisotopic (exact) mass is 339 g/mol. The van der Waals surface area contributed by atoms with E-state index >= 15 is 0 Å². The van der Waals surface area contributed by atoms with Crippen LogP contribution >= 0.6 is 0 Å². The van der Waals surface area contributed by atoms with Gasteiger partial charge in [0, 0.05) is 23.2 Å². The summed E-state index contributed by atoms with van der Waals surface area (Å²) < 4.78 is 83.3. The molecule has 0 aliphatic carbocycles. The van der Waals surface area contributed by atoms with E-state index in [0.717, 1.165) is 12.4 Å². The van der Waals surface area contributed by atoms with Crippen molar-refractivity contribution in [3.8, 4) is 0 Å². The van der Waals surface area contributed by atoms with Gasteiger partial charge in [0.15, 0.2) is 34.9 Å². The highest BCUT2D eigenvalue weighted by Crippen LogP contribution is 2.33. The number of pyridine rings is 1. The number of hydrogen-bond acceptors (Lipinski definition) is 3. The highest BCUT2D eigenvalue weighted by Gasteiger charge is 2.25. The van der Waals surface area contributed by atoms with Crippen LogP contribution in [0.25, 0.3) is 32.8 Å². The molecule has 24 heavy (non-hydrogen) atoms. The summed E-state index contributed by atoms with van der Waals surface area (Å²) in [6.07, 6.45) is 2.22. The first kappa shape index (κ1) is 14.6. The van der Waals surface area contributed by atoms with E-state index in [1.165, 1.54) is 0 Å². The van der Waals surface area contributed by atoms with Crippen LogP contribution in [0.15, 0.2) is 18.5 Å². The number of hydrogen-bond donors (Lipinski definition) is 0. The Morgan fingerprint density at radius 2 is 1.00 bits per heavy atom. The van der Waals surface area contributed by atoms with Crippen molar-refractivity contribution in [1.29, 1.82) is 0 Å². The van der Waals surface area contributed by atoms with Crippen LogP contribution in [0.1, 0.15) is 0 Å². The summed E-state index contributed by atoms with van der Waals surface area (Å²) in [5, 5.41) is -1.38. The molecule has 120 valence electrons. The fraction of sp³-hybridized carbons (Fsp3) is 0. The molecule has 0 spiro atoms. The highest BCUT2D eigenvalue weighted by atomic mass is 19.2. The van der Waals surface area contributed by atoms with Crippen molar-refractivity contribution in [1.82, 2.24) is 15.0 Å². The van der Waals surface area contributed by atoms with Crippen LogP contribution in [0.4, 0.5) is 26.3 Å². The minimum Gasteiger partial charge on any atom is -0.250 e. The van der Waals surface area contributed by atoms with Gasteiger partial charge in [-0.2, -0.15) is 0 Å². The molecule has 2 heterocycles. The summed E-state index contributed by atoms with van der Waals surface area (Å²) in [6, 6.07) is 0.658. The van der Waals surface area contributed by atoms with E-state index in [1.54, 1.807) is 0 Å². The summed E-state index contributed by atoms with van der Waals surface area (Å²) in [5.74, 6) is -9.94. The number of rotatable bonds is 0. The Kier molecular flexibility index (Phi) is 2.90. The second-order valence-corrected chi connectivity index (χ2v) is 4.92. The Balaban J connectivity index is 2.32. The van der Waals surface area contributed by atoms with E-state index in [1.807, 2.05) is 0 Å². The molecule has 0 atom stereocenters. The molecule has 0 saturated carbocycles. The summed E-state index contributed by atoms with van der Waals surface area (Å²) in [4.78, 5) is 10.7. The van der Waals surface area contributed by atoms with Gasteiger partial charge in [-0.05, 0) is 6.07 Å². The van der Waals surface area contributed by atoms with Crippen LogP contribution in [0.2, 0.25) is 0 Å². The first-order valence-corrected chi connectivity index (χ1v) is 6.46. The fourth-order valence-electron chi connectivity index (χ4n) is 2.50. The van der Waals surface area contributed by atoms with E-state index in [2.05, 4.69) is 15.0 Å². The normalized spacial score (nSPS) is 11.8. The van der Waals surface area contributed by atoms with Crippen LogP contribution in [-0.4, -0.2) is 15.0 Å². The van der Waals surface area contributed by atoms with Gasteiger partial charge in [-0.15, -0.1) is 0 Å². The molecular weight excluding hydrogens is 336 g/mol. The second-order valence-electron chi connectivity index (χ2n) is 4.92. The van der Waals surface area contributed by atoms with Crippen molar-refractivity contribution in [2.45, 2.75) is 0 Å². The minimum atomic E-state index is -2.09. The average Bonchev–Trinajstić information content (AvgIpc) is 2.61. The van der Waals surface area contributed by atoms with Crippen molar-refractivity contribution < 1.29 is 26.3 Å². The molecule has 0 aliphatic heterocycles. The SMILES string of the molecule is Fc1c(F)c(F)c2nc3c(F)c4nccnc4c(F)c3cc2c1F. The third-order valence-corrected chi connectivity index (χ3v) is 3.60. The molecule has 2 aromatic heterocycles. The topological polar surface area (TPSA) is 38.7 Å². The van der Waals surface area contributed by atoms with Crippen molar-refractivity contribution in [2.75, 3.05) is 0 Å². The van der Waals surface area contributed by atoms with E-state index < -0.39 is 67.7 Å². The fourth-order valence-corrected chi connectivity index (χ4v) is 2.50. The van der Waals surface area contributed by atoms with Crippen LogP contribution in [0.5, 0.6) is 0 Å². The lowest BCUT2D eigenvalue weighted by Gasteiger charge is -2.09. The van der Waals surface area contributed by atoms with Gasteiger partial charge in [-0.25, -0.2) is 41.3 Å².